The van der Waals surface area contributed by atoms with Crippen molar-refractivity contribution in [2.24, 2.45) is 12.2 Å². The van der Waals surface area contributed by atoms with Gasteiger partial charge in [-0.15, -0.1) is 21.8 Å². The molecule has 4 aromatic heterocycles. The molecule has 0 fully saturated rings. The van der Waals surface area contributed by atoms with Crippen molar-refractivity contribution in [1.82, 2.24) is 43.7 Å². The molecule has 9 aromatic rings. The van der Waals surface area contributed by atoms with Crippen LogP contribution in [0.15, 0.2) is 135 Å². The van der Waals surface area contributed by atoms with Crippen LogP contribution in [0.5, 0.6) is 11.9 Å². The summed E-state index contributed by atoms with van der Waals surface area (Å²) in [5, 5.41) is 22.9. The van der Waals surface area contributed by atoms with Gasteiger partial charge in [0.2, 0.25) is 11.7 Å². The lowest BCUT2D eigenvalue weighted by Gasteiger charge is -2.27. The first-order valence-corrected chi connectivity index (χ1v) is 31.7. The maximum absolute atomic E-state index is 14.2. The molecule has 10 rings (SSSR count). The molecule has 0 radical (unpaired) electrons. The normalized spacial score (nSPS) is 13.0. The van der Waals surface area contributed by atoms with Crippen molar-refractivity contribution in [2.75, 3.05) is 31.3 Å². The van der Waals surface area contributed by atoms with Gasteiger partial charge in [-0.1, -0.05) is 83.5 Å². The summed E-state index contributed by atoms with van der Waals surface area (Å²) in [6.07, 6.45) is -3.04. The van der Waals surface area contributed by atoms with Crippen molar-refractivity contribution in [3.8, 4) is 17.6 Å². The Morgan fingerprint density at radius 1 is 0.823 bits per heavy atom. The summed E-state index contributed by atoms with van der Waals surface area (Å²) in [6.45, 7) is 3.31. The van der Waals surface area contributed by atoms with Gasteiger partial charge in [-0.3, -0.25) is 14.3 Å². The van der Waals surface area contributed by atoms with Gasteiger partial charge in [-0.25, -0.2) is 49.8 Å². The molecule has 5 heterocycles. The second-order valence-electron chi connectivity index (χ2n) is 19.9. The quantitative estimate of drug-likeness (QED) is 0.0371. The fraction of sp³-hybridized carbons (Fsp3) is 0.254. The van der Waals surface area contributed by atoms with Crippen LogP contribution >= 0.6 is 23.2 Å². The van der Waals surface area contributed by atoms with Gasteiger partial charge in [0.25, 0.3) is 15.2 Å². The first-order valence-electron chi connectivity index (χ1n) is 27.5. The molecule has 37 heteroatoms. The molecule has 0 bridgehead atoms. The smallest absolute Gasteiger partial charge is 0.416 e. The third kappa shape index (κ3) is 16.4. The molecular formula is C59H52Cl2F9N11O13S2. The highest BCUT2D eigenvalue weighted by atomic mass is 35.5. The lowest BCUT2D eigenvalue weighted by molar-refractivity contribution is -0.142. The molecule has 1 aliphatic rings. The number of methoxy groups -OCH3 is 1. The van der Waals surface area contributed by atoms with Crippen LogP contribution in [-0.2, 0) is 69.0 Å². The number of sulfone groups is 1. The molecule has 0 spiro atoms. The topological polar surface area (TPSA) is 302 Å². The Balaban J connectivity index is 0.000000181. The van der Waals surface area contributed by atoms with E-state index in [2.05, 4.69) is 30.4 Å². The lowest BCUT2D eigenvalue weighted by Crippen LogP contribution is -2.29. The number of anilines is 1. The molecule has 96 heavy (non-hydrogen) atoms. The van der Waals surface area contributed by atoms with Gasteiger partial charge in [-0.2, -0.15) is 49.6 Å². The fourth-order valence-electron chi connectivity index (χ4n) is 8.99. The molecule has 2 N–H and O–H groups in total. The Bertz CT molecular complexity index is 4650. The summed E-state index contributed by atoms with van der Waals surface area (Å²) >= 11 is 11.9. The van der Waals surface area contributed by atoms with Crippen LogP contribution in [0.1, 0.15) is 76.5 Å². The van der Waals surface area contributed by atoms with Crippen molar-refractivity contribution >= 4 is 77.8 Å². The standard InChI is InChI=1S/C18H17NO3.C15H14Cl2F3N3O3.C14H13F3N2O4S.C12H8F3N5O3S/c1-2-21-17(20)16-13-18(22-19-16,14-9-5-3-6-10-14)15-11-7-4-8-12-15;1-3-26-13(24)10(17)4-8-5-12(11(18)6-9(8)16)23-15(25)22(14(19)20)7(2)21-23;1-7-11(13(21)19(2)18-7)12(20)9-5-4-8(14(15,16)17)6-10(9)24(3,22)23;1-23-12-16-5-8(15)10-17-11(18-20(10)12)24(21,22)19-9-6(13)3-2-4-7(9)14/h3-12H,2,13H2,1H3;5-6,10,14H,3-4H2,1-2H3;4-6,21H,1-3H3;2-5,19H,1H3. The zero-order chi connectivity index (χ0) is 70.9. The molecule has 24 nitrogen and oxygen atoms in total. The maximum atomic E-state index is 14.2. The molecule has 0 saturated heterocycles. The number of fused-ring (bicyclic) bond motifs is 1. The third-order valence-electron chi connectivity index (χ3n) is 13.4. The van der Waals surface area contributed by atoms with Crippen LogP contribution in [0.2, 0.25) is 5.02 Å². The number of carbonyl (C=O) groups excluding carboxylic acids is 3. The second-order valence-corrected chi connectivity index (χ2v) is 24.4. The number of nitrogens with zero attached hydrogens (tertiary/aromatic N) is 10. The number of ether oxygens (including phenoxy) is 3. The molecule has 1 unspecified atom stereocenters. The number of alkyl halides is 6. The van der Waals surface area contributed by atoms with Gasteiger partial charge in [0.05, 0.1) is 49.1 Å². The van der Waals surface area contributed by atoms with E-state index in [1.54, 1.807) is 18.6 Å². The molecule has 0 amide bonds. The summed E-state index contributed by atoms with van der Waals surface area (Å²) in [4.78, 5) is 60.3. The van der Waals surface area contributed by atoms with Gasteiger partial charge in [0.1, 0.15) is 39.8 Å². The largest absolute Gasteiger partial charge is 0.493 e. The Labute approximate surface area is 548 Å². The lowest BCUT2D eigenvalue weighted by atomic mass is 9.82. The number of esters is 2. The first kappa shape index (κ1) is 73.5. The van der Waals surface area contributed by atoms with E-state index in [9.17, 15) is 80.6 Å². The zero-order valence-electron chi connectivity index (χ0n) is 50.7. The van der Waals surface area contributed by atoms with Crippen LogP contribution in [0.25, 0.3) is 11.3 Å². The van der Waals surface area contributed by atoms with E-state index in [4.69, 9.17) is 42.3 Å². The van der Waals surface area contributed by atoms with Crippen LogP contribution in [0, 0.1) is 37.1 Å². The molecule has 1 atom stereocenters. The van der Waals surface area contributed by atoms with E-state index in [0.29, 0.717) is 46.3 Å². The number of carbonyl (C=O) groups is 3. The maximum Gasteiger partial charge on any atom is 0.416 e. The number of benzene rings is 5. The number of halogens is 11. The number of sulfonamides is 1. The Morgan fingerprint density at radius 2 is 1.43 bits per heavy atom. The summed E-state index contributed by atoms with van der Waals surface area (Å²) in [7, 11) is -6.13. The predicted molar refractivity (Wildman–Crippen MR) is 324 cm³/mol. The SMILES string of the molecule is CCOC(=O)C(Cl)Cc1cc(-n2nc(C)n(C(F)F)c2=O)c(F)cc1Cl.CCOC(=O)C1=NOC(c2ccccc2)(c2ccccc2)C1.COc1ncc(F)c2nc(S(=O)(=O)Nc3c(F)cccc3F)nn12.Cc1nn(C)c(O)c1C(=O)c1ccc(C(F)(F)F)cc1S(C)(=O)=O. The number of aromatic hydroxyl groups is 1. The first-order chi connectivity index (χ1) is 45.1. The molecule has 510 valence electrons. The summed E-state index contributed by atoms with van der Waals surface area (Å²) in [5.74, 6) is -6.99. The summed E-state index contributed by atoms with van der Waals surface area (Å²) in [6, 6.07) is 26.0. The van der Waals surface area contributed by atoms with Crippen LogP contribution in [-0.4, -0.2) is 121 Å². The average Bonchev–Trinajstić information content (AvgIpc) is 1.51. The number of aryl methyl sites for hydroxylation is 3. The Kier molecular flexibility index (Phi) is 23.2. The van der Waals surface area contributed by atoms with Gasteiger partial charge in [-0.05, 0) is 75.7 Å². The van der Waals surface area contributed by atoms with E-state index >= 15 is 0 Å². The number of ketones is 1. The number of aromatic nitrogens is 9. The van der Waals surface area contributed by atoms with Crippen molar-refractivity contribution in [2.45, 2.75) is 74.3 Å². The molecule has 1 aliphatic heterocycles. The summed E-state index contributed by atoms with van der Waals surface area (Å²) in [5.41, 5.74) is -3.06. The highest BCUT2D eigenvalue weighted by Gasteiger charge is 2.45. The fourth-order valence-corrected chi connectivity index (χ4v) is 11.3. The number of hydrogen-bond donors (Lipinski definition) is 2. The van der Waals surface area contributed by atoms with Crippen molar-refractivity contribution in [3.05, 3.63) is 199 Å². The molecule has 0 saturated carbocycles. The second kappa shape index (κ2) is 30.3. The monoisotopic (exact) mass is 1430 g/mol. The van der Waals surface area contributed by atoms with Crippen LogP contribution in [0.3, 0.4) is 0 Å². The molecule has 5 aromatic carbocycles. The molecular weight excluding hydrogens is 1380 g/mol. The van der Waals surface area contributed by atoms with Gasteiger partial charge in [0, 0.05) is 41.4 Å². The number of nitrogens with one attached hydrogen (secondary N) is 1. The minimum atomic E-state index is -4.76. The van der Waals surface area contributed by atoms with E-state index < -0.39 is 129 Å². The van der Waals surface area contributed by atoms with Crippen LogP contribution in [0.4, 0.5) is 45.2 Å². The van der Waals surface area contributed by atoms with Gasteiger partial charge >= 0.3 is 36.4 Å². The average molecular weight is 1430 g/mol. The highest BCUT2D eigenvalue weighted by molar-refractivity contribution is 7.92. The molecule has 0 aliphatic carbocycles. The van der Waals surface area contributed by atoms with Crippen molar-refractivity contribution < 1.29 is 94.9 Å². The van der Waals surface area contributed by atoms with Crippen LogP contribution < -0.4 is 15.1 Å². The number of oxime groups is 1. The predicted octanol–water partition coefficient (Wildman–Crippen LogP) is 9.95. The number of rotatable bonds is 17. The van der Waals surface area contributed by atoms with E-state index in [0.717, 1.165) is 58.4 Å². The van der Waals surface area contributed by atoms with Crippen molar-refractivity contribution in [3.63, 3.8) is 0 Å². The summed E-state index contributed by atoms with van der Waals surface area (Å²) < 4.78 is 186. The number of hydrogen-bond acceptors (Lipinski definition) is 19. The Hall–Kier alpha value is -9.87. The zero-order valence-corrected chi connectivity index (χ0v) is 53.9. The third-order valence-corrected chi connectivity index (χ3v) is 16.4. The highest BCUT2D eigenvalue weighted by Crippen LogP contribution is 2.42. The van der Waals surface area contributed by atoms with Crippen molar-refractivity contribution in [1.29, 1.82) is 0 Å². The number of para-hydroxylation sites is 1. The van der Waals surface area contributed by atoms with Gasteiger partial charge < -0.3 is 24.2 Å². The minimum absolute atomic E-state index is 0.0424. The van der Waals surface area contributed by atoms with Gasteiger partial charge in [0.15, 0.2) is 38.4 Å². The Morgan fingerprint density at radius 3 is 1.95 bits per heavy atom. The minimum Gasteiger partial charge on any atom is -0.493 e. The van der Waals surface area contributed by atoms with E-state index in [1.165, 1.54) is 28.0 Å². The van der Waals surface area contributed by atoms with E-state index in [1.807, 2.05) is 60.7 Å². The van der Waals surface area contributed by atoms with E-state index in [-0.39, 0.29) is 57.0 Å².